The summed E-state index contributed by atoms with van der Waals surface area (Å²) in [5.74, 6) is -3.73. The third kappa shape index (κ3) is 7.29. The molecule has 3 heterocycles. The van der Waals surface area contributed by atoms with Gasteiger partial charge in [0.1, 0.15) is 48.6 Å². The number of carbonyl (C=O) groups is 2. The lowest BCUT2D eigenvalue weighted by atomic mass is 9.88. The molecule has 0 bridgehead atoms. The highest BCUT2D eigenvalue weighted by Gasteiger charge is 2.48. The molecule has 0 aromatic heterocycles. The summed E-state index contributed by atoms with van der Waals surface area (Å²) in [6.45, 7) is -0.410. The number of aryl methyl sites for hydroxylation is 1. The summed E-state index contributed by atoms with van der Waals surface area (Å²) in [6.07, 6.45) is -3.26. The Morgan fingerprint density at radius 3 is 2.41 bits per heavy atom. The normalized spacial score (nSPS) is 25.6. The highest BCUT2D eigenvalue weighted by atomic mass is 16.7. The predicted molar refractivity (Wildman–Crippen MR) is 182 cm³/mol. The van der Waals surface area contributed by atoms with E-state index in [4.69, 9.17) is 9.47 Å². The highest BCUT2D eigenvalue weighted by Crippen LogP contribution is 2.49. The molecule has 1 fully saturated rings. The molecule has 15 heteroatoms. The second-order valence-electron chi connectivity index (χ2n) is 12.5. The molecule has 0 aliphatic carbocycles. The maximum Gasteiger partial charge on any atom is 0.327 e. The lowest BCUT2D eigenvalue weighted by molar-refractivity contribution is -0.277. The first-order valence-corrected chi connectivity index (χ1v) is 16.2. The highest BCUT2D eigenvalue weighted by molar-refractivity contribution is 6.32. The number of carboxylic acid groups (broad SMARTS) is 1. The number of hydrogen-bond acceptors (Lipinski definition) is 13. The molecule has 0 radical (unpaired) electrons. The standard InChI is InChI=1S/C36H37N3O12/c40-16-29-32(45)33(46)34(47)36(51-29)50-28-14-24-23(13-27(28)43)22(8-7-19-3-1-2-4-25(19)41)31(35(48)49)39(24)30(44)10-6-18-5-9-26(42)20(11-18)12-21-15-37-17-38-21/h1-6,9-11,13-15,22,29,31-34,36,40-43,45-47H,7-8,12,16-17H2,(H,48,49). The SMILES string of the molecule is O=C(O)C1C(CCc2ccccc2O)c2cc(O)c(OC3OC(CO)C(O)C(O)C3O)cc2N1C(=O)C=Cc1ccc(O)c(CC2=NCN=C2)c1. The van der Waals surface area contributed by atoms with Crippen LogP contribution in [0.15, 0.2) is 70.7 Å². The minimum absolute atomic E-state index is 0.0186. The molecule has 1 saturated heterocycles. The number of nitrogens with zero attached hydrogens (tertiary/aromatic N) is 3. The molecule has 3 aliphatic heterocycles. The van der Waals surface area contributed by atoms with Gasteiger partial charge in [0, 0.05) is 36.3 Å². The number of anilines is 1. The van der Waals surface area contributed by atoms with Gasteiger partial charge in [0.2, 0.25) is 6.29 Å². The molecule has 7 unspecified atom stereocenters. The van der Waals surface area contributed by atoms with Crippen LogP contribution in [-0.2, 0) is 27.2 Å². The van der Waals surface area contributed by atoms with Gasteiger partial charge in [-0.3, -0.25) is 19.7 Å². The number of para-hydroxylation sites is 1. The van der Waals surface area contributed by atoms with Gasteiger partial charge in [-0.05, 0) is 59.9 Å². The molecule has 51 heavy (non-hydrogen) atoms. The van der Waals surface area contributed by atoms with Gasteiger partial charge in [0.05, 0.1) is 18.0 Å². The number of aliphatic carboxylic acids is 1. The second kappa shape index (κ2) is 14.9. The Kier molecular flexibility index (Phi) is 10.4. The fraction of sp³-hybridized carbons (Fsp3) is 0.333. The van der Waals surface area contributed by atoms with Crippen LogP contribution in [-0.4, -0.2) is 115 Å². The zero-order valence-electron chi connectivity index (χ0n) is 27.1. The van der Waals surface area contributed by atoms with Crippen LogP contribution in [0.4, 0.5) is 5.69 Å². The van der Waals surface area contributed by atoms with Gasteiger partial charge < -0.3 is 50.3 Å². The minimum atomic E-state index is -1.81. The molecule has 0 spiro atoms. The Hall–Kier alpha value is -5.32. The zero-order valence-corrected chi connectivity index (χ0v) is 27.1. The van der Waals surface area contributed by atoms with Crippen molar-refractivity contribution >= 4 is 35.6 Å². The van der Waals surface area contributed by atoms with Crippen molar-refractivity contribution in [2.75, 3.05) is 18.2 Å². The first kappa shape index (κ1) is 35.5. The second-order valence-corrected chi connectivity index (χ2v) is 12.5. The van der Waals surface area contributed by atoms with E-state index >= 15 is 0 Å². The molecule has 8 N–H and O–H groups in total. The fourth-order valence-electron chi connectivity index (χ4n) is 6.56. The third-order valence-corrected chi connectivity index (χ3v) is 9.21. The van der Waals surface area contributed by atoms with Crippen molar-refractivity contribution in [3.63, 3.8) is 0 Å². The van der Waals surface area contributed by atoms with E-state index in [0.29, 0.717) is 41.1 Å². The van der Waals surface area contributed by atoms with Gasteiger partial charge in [0.25, 0.3) is 5.91 Å². The largest absolute Gasteiger partial charge is 0.508 e. The van der Waals surface area contributed by atoms with Crippen LogP contribution in [0.1, 0.15) is 34.6 Å². The van der Waals surface area contributed by atoms with Gasteiger partial charge in [-0.2, -0.15) is 0 Å². The smallest absolute Gasteiger partial charge is 0.327 e. The number of aromatic hydroxyl groups is 3. The molecule has 1 amide bonds. The Balaban J connectivity index is 1.35. The van der Waals surface area contributed by atoms with E-state index in [1.807, 2.05) is 0 Å². The van der Waals surface area contributed by atoms with Crippen molar-refractivity contribution < 1.29 is 59.9 Å². The van der Waals surface area contributed by atoms with Gasteiger partial charge >= 0.3 is 5.97 Å². The van der Waals surface area contributed by atoms with E-state index in [-0.39, 0.29) is 35.8 Å². The number of phenols is 3. The Bertz CT molecular complexity index is 1890. The number of hydrogen-bond donors (Lipinski definition) is 8. The average molecular weight is 704 g/mol. The summed E-state index contributed by atoms with van der Waals surface area (Å²) < 4.78 is 11.1. The van der Waals surface area contributed by atoms with Crippen molar-refractivity contribution in [3.8, 4) is 23.0 Å². The number of amides is 1. The van der Waals surface area contributed by atoms with Crippen LogP contribution in [0.2, 0.25) is 0 Å². The lowest BCUT2D eigenvalue weighted by Gasteiger charge is -2.39. The minimum Gasteiger partial charge on any atom is -0.508 e. The maximum absolute atomic E-state index is 14.0. The summed E-state index contributed by atoms with van der Waals surface area (Å²) in [5, 5.41) is 82.9. The fourth-order valence-corrected chi connectivity index (χ4v) is 6.56. The monoisotopic (exact) mass is 703 g/mol. The average Bonchev–Trinajstić information content (AvgIpc) is 3.74. The van der Waals surface area contributed by atoms with Crippen molar-refractivity contribution in [3.05, 3.63) is 82.9 Å². The molecule has 6 rings (SSSR count). The molecule has 3 aromatic carbocycles. The van der Waals surface area contributed by atoms with Gasteiger partial charge in [-0.25, -0.2) is 4.79 Å². The molecule has 3 aromatic rings. The molecule has 268 valence electrons. The van der Waals surface area contributed by atoms with E-state index in [1.165, 1.54) is 36.4 Å². The summed E-state index contributed by atoms with van der Waals surface area (Å²) in [4.78, 5) is 36.3. The van der Waals surface area contributed by atoms with Crippen molar-refractivity contribution in [2.45, 2.75) is 61.9 Å². The molecule has 3 aliphatic rings. The first-order valence-electron chi connectivity index (χ1n) is 16.2. The predicted octanol–water partition coefficient (Wildman–Crippen LogP) is 1.24. The summed E-state index contributed by atoms with van der Waals surface area (Å²) in [7, 11) is 0. The number of carboxylic acids is 1. The number of aliphatic imine (C=N–C) groups is 2. The molecular formula is C36H37N3O12. The maximum atomic E-state index is 14.0. The molecule has 7 atom stereocenters. The summed E-state index contributed by atoms with van der Waals surface area (Å²) >= 11 is 0. The number of rotatable bonds is 11. The van der Waals surface area contributed by atoms with E-state index < -0.39 is 66.9 Å². The van der Waals surface area contributed by atoms with E-state index in [9.17, 15) is 50.4 Å². The molecular weight excluding hydrogens is 666 g/mol. The third-order valence-electron chi connectivity index (χ3n) is 9.21. The van der Waals surface area contributed by atoms with Crippen LogP contribution in [0.5, 0.6) is 23.0 Å². The van der Waals surface area contributed by atoms with Crippen molar-refractivity contribution in [2.24, 2.45) is 9.98 Å². The lowest BCUT2D eigenvalue weighted by Crippen LogP contribution is -2.60. The van der Waals surface area contributed by atoms with E-state index in [0.717, 1.165) is 4.90 Å². The molecule has 15 nitrogen and oxygen atoms in total. The van der Waals surface area contributed by atoms with Crippen LogP contribution in [0.3, 0.4) is 0 Å². The topological polar surface area (TPSA) is 242 Å². The van der Waals surface area contributed by atoms with Gasteiger partial charge in [-0.1, -0.05) is 24.3 Å². The number of aliphatic hydroxyl groups excluding tert-OH is 4. The van der Waals surface area contributed by atoms with Crippen LogP contribution in [0, 0.1) is 0 Å². The Morgan fingerprint density at radius 1 is 0.941 bits per heavy atom. The van der Waals surface area contributed by atoms with Crippen LogP contribution < -0.4 is 9.64 Å². The number of phenolic OH excluding ortho intramolecular Hbond substituents is 3. The van der Waals surface area contributed by atoms with Gasteiger partial charge in [0.15, 0.2) is 11.5 Å². The first-order chi connectivity index (χ1) is 24.5. The van der Waals surface area contributed by atoms with E-state index in [1.54, 1.807) is 36.5 Å². The number of benzene rings is 3. The van der Waals surface area contributed by atoms with E-state index in [2.05, 4.69) is 9.98 Å². The number of fused-ring (bicyclic) bond motifs is 1. The van der Waals surface area contributed by atoms with Crippen molar-refractivity contribution in [1.29, 1.82) is 0 Å². The Labute approximate surface area is 291 Å². The quantitative estimate of drug-likeness (QED) is 0.132. The number of carbonyl (C=O) groups excluding carboxylic acids is 1. The zero-order chi connectivity index (χ0) is 36.4. The van der Waals surface area contributed by atoms with Crippen molar-refractivity contribution in [1.82, 2.24) is 0 Å². The van der Waals surface area contributed by atoms with Crippen LogP contribution in [0.25, 0.3) is 6.08 Å². The molecule has 0 saturated carbocycles. The van der Waals surface area contributed by atoms with Crippen LogP contribution >= 0.6 is 0 Å². The Morgan fingerprint density at radius 2 is 1.71 bits per heavy atom. The number of ether oxygens (including phenoxy) is 2. The summed E-state index contributed by atoms with van der Waals surface area (Å²) in [5.41, 5.74) is 2.68. The summed E-state index contributed by atoms with van der Waals surface area (Å²) in [6, 6.07) is 12.3. The number of aliphatic hydroxyl groups is 4. The van der Waals surface area contributed by atoms with Gasteiger partial charge in [-0.15, -0.1) is 0 Å².